The summed E-state index contributed by atoms with van der Waals surface area (Å²) in [5.41, 5.74) is 0.420. The Morgan fingerprint density at radius 1 is 0.944 bits per heavy atom. The summed E-state index contributed by atoms with van der Waals surface area (Å²) in [6.07, 6.45) is 4.46. The van der Waals surface area contributed by atoms with Crippen molar-refractivity contribution >= 4 is 0 Å². The van der Waals surface area contributed by atoms with Crippen LogP contribution < -0.4 is 0 Å². The van der Waals surface area contributed by atoms with Crippen molar-refractivity contribution < 1.29 is 14.6 Å². The topological polar surface area (TPSA) is 38.7 Å². The third-order valence-electron chi connectivity index (χ3n) is 2.78. The molecule has 0 aliphatic rings. The molecule has 0 spiro atoms. The molecule has 0 rings (SSSR count). The van der Waals surface area contributed by atoms with E-state index in [-0.39, 0.29) is 6.61 Å². The zero-order valence-corrected chi connectivity index (χ0v) is 12.7. The second-order valence-corrected chi connectivity index (χ2v) is 6.31. The number of rotatable bonds is 11. The van der Waals surface area contributed by atoms with E-state index in [2.05, 4.69) is 27.7 Å². The lowest BCUT2D eigenvalue weighted by Gasteiger charge is -2.23. The lowest BCUT2D eigenvalue weighted by atomic mass is 9.84. The number of aliphatic hydroxyl groups excluding tert-OH is 1. The maximum absolute atomic E-state index is 8.52. The maximum Gasteiger partial charge on any atom is 0.0697 e. The number of aliphatic hydroxyl groups is 1. The second-order valence-electron chi connectivity index (χ2n) is 6.31. The van der Waals surface area contributed by atoms with Crippen molar-refractivity contribution in [3.8, 4) is 0 Å². The SMILES string of the molecule is CC(CCOCCCCOCCO)CC(C)(C)C. The molecule has 3 heteroatoms. The summed E-state index contributed by atoms with van der Waals surface area (Å²) < 4.78 is 10.8. The highest BCUT2D eigenvalue weighted by molar-refractivity contribution is 4.66. The van der Waals surface area contributed by atoms with Gasteiger partial charge in [0.05, 0.1) is 13.2 Å². The normalized spacial score (nSPS) is 13.8. The molecule has 0 radical (unpaired) electrons. The zero-order valence-electron chi connectivity index (χ0n) is 12.7. The van der Waals surface area contributed by atoms with E-state index in [0.717, 1.165) is 45.0 Å². The summed E-state index contributed by atoms with van der Waals surface area (Å²) in [4.78, 5) is 0. The highest BCUT2D eigenvalue weighted by Crippen LogP contribution is 2.25. The van der Waals surface area contributed by atoms with Crippen LogP contribution in [0.3, 0.4) is 0 Å². The summed E-state index contributed by atoms with van der Waals surface area (Å²) in [5.74, 6) is 0.734. The Hall–Kier alpha value is -0.120. The van der Waals surface area contributed by atoms with Crippen LogP contribution in [0.2, 0.25) is 0 Å². The van der Waals surface area contributed by atoms with Crippen LogP contribution in [0.25, 0.3) is 0 Å². The first kappa shape index (κ1) is 17.9. The molecule has 0 bridgehead atoms. The predicted molar refractivity (Wildman–Crippen MR) is 75.8 cm³/mol. The molecule has 0 saturated carbocycles. The van der Waals surface area contributed by atoms with Crippen LogP contribution >= 0.6 is 0 Å². The molecule has 1 atom stereocenters. The van der Waals surface area contributed by atoms with Crippen LogP contribution in [0, 0.1) is 11.3 Å². The fourth-order valence-electron chi connectivity index (χ4n) is 2.11. The van der Waals surface area contributed by atoms with Crippen LogP contribution in [-0.2, 0) is 9.47 Å². The number of ether oxygens (including phenoxy) is 2. The minimum Gasteiger partial charge on any atom is -0.394 e. The molecule has 0 aliphatic carbocycles. The van der Waals surface area contributed by atoms with Crippen molar-refractivity contribution in [3.05, 3.63) is 0 Å². The Labute approximate surface area is 113 Å². The minimum atomic E-state index is 0.113. The summed E-state index contributed by atoms with van der Waals surface area (Å²) in [5, 5.41) is 8.52. The third-order valence-corrected chi connectivity index (χ3v) is 2.78. The van der Waals surface area contributed by atoms with Crippen molar-refractivity contribution in [3.63, 3.8) is 0 Å². The van der Waals surface area contributed by atoms with Gasteiger partial charge in [0.15, 0.2) is 0 Å². The molecular weight excluding hydrogens is 228 g/mol. The number of hydrogen-bond acceptors (Lipinski definition) is 3. The molecule has 1 unspecified atom stereocenters. The molecule has 0 aromatic carbocycles. The van der Waals surface area contributed by atoms with Crippen LogP contribution in [0.15, 0.2) is 0 Å². The van der Waals surface area contributed by atoms with Gasteiger partial charge < -0.3 is 14.6 Å². The molecular formula is C15H32O3. The maximum atomic E-state index is 8.52. The van der Waals surface area contributed by atoms with E-state index in [4.69, 9.17) is 14.6 Å². The van der Waals surface area contributed by atoms with Crippen LogP contribution in [0.5, 0.6) is 0 Å². The van der Waals surface area contributed by atoms with Gasteiger partial charge in [0.1, 0.15) is 0 Å². The largest absolute Gasteiger partial charge is 0.394 e. The average Bonchev–Trinajstić information content (AvgIpc) is 2.24. The number of unbranched alkanes of at least 4 members (excludes halogenated alkanes) is 1. The lowest BCUT2D eigenvalue weighted by molar-refractivity contribution is 0.0763. The van der Waals surface area contributed by atoms with E-state index in [1.165, 1.54) is 6.42 Å². The van der Waals surface area contributed by atoms with Gasteiger partial charge >= 0.3 is 0 Å². The Kier molecular flexibility index (Phi) is 10.7. The Balaban J connectivity index is 3.20. The molecule has 0 fully saturated rings. The van der Waals surface area contributed by atoms with Gasteiger partial charge in [0.25, 0.3) is 0 Å². The Morgan fingerprint density at radius 3 is 2.00 bits per heavy atom. The second kappa shape index (κ2) is 10.8. The van der Waals surface area contributed by atoms with E-state index in [0.29, 0.717) is 12.0 Å². The molecule has 3 nitrogen and oxygen atoms in total. The first-order chi connectivity index (χ1) is 8.45. The predicted octanol–water partition coefficient (Wildman–Crippen LogP) is 3.25. The van der Waals surface area contributed by atoms with E-state index in [1.807, 2.05) is 0 Å². The van der Waals surface area contributed by atoms with E-state index in [9.17, 15) is 0 Å². The van der Waals surface area contributed by atoms with Crippen molar-refractivity contribution in [1.29, 1.82) is 0 Å². The molecule has 0 amide bonds. The lowest BCUT2D eigenvalue weighted by Crippen LogP contribution is -2.13. The third kappa shape index (κ3) is 13.9. The standard InChI is InChI=1S/C15H32O3/c1-14(13-15(2,3)4)7-11-17-9-5-6-10-18-12-8-16/h14,16H,5-13H2,1-4H3. The van der Waals surface area contributed by atoms with Crippen molar-refractivity contribution in [2.45, 2.75) is 53.4 Å². The summed E-state index contributed by atoms with van der Waals surface area (Å²) in [7, 11) is 0. The monoisotopic (exact) mass is 260 g/mol. The van der Waals surface area contributed by atoms with E-state index >= 15 is 0 Å². The average molecular weight is 260 g/mol. The fraction of sp³-hybridized carbons (Fsp3) is 1.00. The van der Waals surface area contributed by atoms with Crippen LogP contribution in [0.1, 0.15) is 53.4 Å². The molecule has 0 heterocycles. The summed E-state index contributed by atoms with van der Waals surface area (Å²) >= 11 is 0. The summed E-state index contributed by atoms with van der Waals surface area (Å²) in [6.45, 7) is 12.2. The highest BCUT2D eigenvalue weighted by Gasteiger charge is 2.14. The van der Waals surface area contributed by atoms with E-state index < -0.39 is 0 Å². The van der Waals surface area contributed by atoms with Gasteiger partial charge in [-0.2, -0.15) is 0 Å². The fourth-order valence-corrected chi connectivity index (χ4v) is 2.11. The smallest absolute Gasteiger partial charge is 0.0697 e. The first-order valence-electron chi connectivity index (χ1n) is 7.22. The van der Waals surface area contributed by atoms with Gasteiger partial charge in [0.2, 0.25) is 0 Å². The number of hydrogen-bond donors (Lipinski definition) is 1. The van der Waals surface area contributed by atoms with Gasteiger partial charge in [-0.05, 0) is 37.0 Å². The van der Waals surface area contributed by atoms with Crippen molar-refractivity contribution in [2.24, 2.45) is 11.3 Å². The van der Waals surface area contributed by atoms with Crippen molar-refractivity contribution in [2.75, 3.05) is 33.0 Å². The molecule has 110 valence electrons. The zero-order chi connectivity index (χ0) is 13.9. The first-order valence-corrected chi connectivity index (χ1v) is 7.22. The highest BCUT2D eigenvalue weighted by atomic mass is 16.5. The van der Waals surface area contributed by atoms with Crippen LogP contribution in [0.4, 0.5) is 0 Å². The molecule has 1 N–H and O–H groups in total. The van der Waals surface area contributed by atoms with Gasteiger partial charge in [-0.15, -0.1) is 0 Å². The summed E-state index contributed by atoms with van der Waals surface area (Å²) in [6, 6.07) is 0. The molecule has 0 saturated heterocycles. The van der Waals surface area contributed by atoms with Gasteiger partial charge in [-0.25, -0.2) is 0 Å². The Morgan fingerprint density at radius 2 is 1.50 bits per heavy atom. The van der Waals surface area contributed by atoms with Crippen LogP contribution in [-0.4, -0.2) is 38.1 Å². The van der Waals surface area contributed by atoms with Gasteiger partial charge in [-0.1, -0.05) is 27.7 Å². The molecule has 0 aromatic heterocycles. The quantitative estimate of drug-likeness (QED) is 0.580. The van der Waals surface area contributed by atoms with E-state index in [1.54, 1.807) is 0 Å². The molecule has 18 heavy (non-hydrogen) atoms. The molecule has 0 aromatic rings. The molecule has 0 aliphatic heterocycles. The van der Waals surface area contributed by atoms with Gasteiger partial charge in [0, 0.05) is 19.8 Å². The van der Waals surface area contributed by atoms with Gasteiger partial charge in [-0.3, -0.25) is 0 Å². The van der Waals surface area contributed by atoms with Crippen molar-refractivity contribution in [1.82, 2.24) is 0 Å². The Bertz CT molecular complexity index is 175. The minimum absolute atomic E-state index is 0.113.